The lowest BCUT2D eigenvalue weighted by atomic mass is 10.1. The van der Waals surface area contributed by atoms with Gasteiger partial charge in [0.15, 0.2) is 5.82 Å². The van der Waals surface area contributed by atoms with Gasteiger partial charge >= 0.3 is 6.09 Å². The van der Waals surface area contributed by atoms with Crippen molar-refractivity contribution in [2.24, 2.45) is 0 Å². The Morgan fingerprint density at radius 3 is 2.60 bits per heavy atom. The van der Waals surface area contributed by atoms with E-state index in [2.05, 4.69) is 42.1 Å². The van der Waals surface area contributed by atoms with Crippen LogP contribution in [-0.2, 0) is 10.0 Å². The molecule has 35 heavy (non-hydrogen) atoms. The Labute approximate surface area is 201 Å². The molecule has 0 unspecified atom stereocenters. The van der Waals surface area contributed by atoms with Gasteiger partial charge in [-0.25, -0.2) is 32.9 Å². The molecule has 3 aromatic heterocycles. The molecule has 3 heterocycles. The quantitative estimate of drug-likeness (QED) is 0.312. The fraction of sp³-hybridized carbons (Fsp3) is 0.0833. The largest absolute Gasteiger partial charge is 0.465 e. The van der Waals surface area contributed by atoms with E-state index in [9.17, 15) is 13.2 Å². The number of hydrogen-bond acceptors (Lipinski definition) is 7. The van der Waals surface area contributed by atoms with Crippen LogP contribution in [0.15, 0.2) is 66.0 Å². The Bertz CT molecular complexity index is 1610. The summed E-state index contributed by atoms with van der Waals surface area (Å²) in [7, 11) is -2.18. The number of benzene rings is 1. The summed E-state index contributed by atoms with van der Waals surface area (Å²) >= 11 is 0. The summed E-state index contributed by atoms with van der Waals surface area (Å²) < 4.78 is 26.4. The standard InChI is InChI=1S/C24H20N6O4S/c1-15-12-18(35(33,34)25-2)6-8-20(15)29-22-13-19-17(14-28-22)9-11-26-21(19)7-5-16-4-3-10-27-23(16)30-24(31)32/h3-4,6,8-14,25H,1-2H3,(H,27,30)(H,28,29)(H,31,32). The summed E-state index contributed by atoms with van der Waals surface area (Å²) in [5.74, 6) is 6.57. The Kier molecular flexibility index (Phi) is 6.59. The highest BCUT2D eigenvalue weighted by molar-refractivity contribution is 7.89. The second-order valence-electron chi connectivity index (χ2n) is 7.34. The van der Waals surface area contributed by atoms with Gasteiger partial charge in [0.25, 0.3) is 0 Å². The topological polar surface area (TPSA) is 146 Å². The molecule has 0 atom stereocenters. The van der Waals surface area contributed by atoms with Gasteiger partial charge in [-0.2, -0.15) is 0 Å². The smallest absolute Gasteiger partial charge is 0.410 e. The molecule has 0 aliphatic carbocycles. The molecule has 1 aromatic carbocycles. The number of aromatic nitrogens is 3. The minimum absolute atomic E-state index is 0.135. The van der Waals surface area contributed by atoms with E-state index >= 15 is 0 Å². The van der Waals surface area contributed by atoms with Crippen molar-refractivity contribution in [1.29, 1.82) is 0 Å². The molecule has 1 amide bonds. The van der Waals surface area contributed by atoms with Crippen LogP contribution in [0.25, 0.3) is 10.8 Å². The van der Waals surface area contributed by atoms with Crippen molar-refractivity contribution < 1.29 is 18.3 Å². The number of pyridine rings is 3. The lowest BCUT2D eigenvalue weighted by Crippen LogP contribution is -2.18. The van der Waals surface area contributed by atoms with E-state index in [1.165, 1.54) is 19.3 Å². The number of carboxylic acid groups (broad SMARTS) is 1. The van der Waals surface area contributed by atoms with Crippen molar-refractivity contribution in [3.63, 3.8) is 0 Å². The van der Waals surface area contributed by atoms with Gasteiger partial charge in [-0.1, -0.05) is 5.92 Å². The van der Waals surface area contributed by atoms with Gasteiger partial charge in [-0.05, 0) is 67.9 Å². The second-order valence-corrected chi connectivity index (χ2v) is 9.23. The average Bonchev–Trinajstić information content (AvgIpc) is 2.84. The third kappa shape index (κ3) is 5.35. The van der Waals surface area contributed by atoms with E-state index in [4.69, 9.17) is 5.11 Å². The molecule has 0 aliphatic heterocycles. The highest BCUT2D eigenvalue weighted by atomic mass is 32.2. The first-order valence-corrected chi connectivity index (χ1v) is 11.8. The SMILES string of the molecule is CNS(=O)(=O)c1ccc(Nc2cc3c(C#Cc4cccnc4NC(=O)O)nccc3cn2)c(C)c1. The molecule has 4 rings (SSSR count). The summed E-state index contributed by atoms with van der Waals surface area (Å²) in [5, 5.41) is 16.0. The lowest BCUT2D eigenvalue weighted by Gasteiger charge is -2.11. The van der Waals surface area contributed by atoms with E-state index < -0.39 is 16.1 Å². The van der Waals surface area contributed by atoms with Crippen molar-refractivity contribution in [3.8, 4) is 11.8 Å². The highest BCUT2D eigenvalue weighted by Crippen LogP contribution is 2.25. The third-order valence-corrected chi connectivity index (χ3v) is 6.45. The molecular weight excluding hydrogens is 468 g/mol. The minimum Gasteiger partial charge on any atom is -0.465 e. The van der Waals surface area contributed by atoms with Crippen LogP contribution < -0.4 is 15.4 Å². The number of nitrogens with one attached hydrogen (secondary N) is 3. The molecule has 11 heteroatoms. The van der Waals surface area contributed by atoms with Crippen LogP contribution in [0.4, 0.5) is 22.1 Å². The number of rotatable bonds is 5. The van der Waals surface area contributed by atoms with Crippen LogP contribution in [0.3, 0.4) is 0 Å². The van der Waals surface area contributed by atoms with Crippen LogP contribution in [-0.4, -0.2) is 41.6 Å². The Hall–Kier alpha value is -4.53. The Morgan fingerprint density at radius 2 is 1.86 bits per heavy atom. The van der Waals surface area contributed by atoms with E-state index in [1.807, 2.05) is 0 Å². The highest BCUT2D eigenvalue weighted by Gasteiger charge is 2.13. The zero-order valence-electron chi connectivity index (χ0n) is 18.7. The van der Waals surface area contributed by atoms with Crippen molar-refractivity contribution in [1.82, 2.24) is 19.7 Å². The number of hydrogen-bond donors (Lipinski definition) is 4. The molecule has 0 spiro atoms. The fourth-order valence-corrected chi connectivity index (χ4v) is 4.08. The number of carbonyl (C=O) groups is 1. The summed E-state index contributed by atoms with van der Waals surface area (Å²) in [6, 6.07) is 11.7. The van der Waals surface area contributed by atoms with Crippen LogP contribution in [0, 0.1) is 18.8 Å². The molecule has 0 aliphatic rings. The summed E-state index contributed by atoms with van der Waals surface area (Å²) in [4.78, 5) is 24.0. The van der Waals surface area contributed by atoms with E-state index in [0.29, 0.717) is 22.8 Å². The predicted octanol–water partition coefficient (Wildman–Crippen LogP) is 3.47. The first kappa shape index (κ1) is 23.6. The van der Waals surface area contributed by atoms with Gasteiger partial charge in [0, 0.05) is 35.1 Å². The van der Waals surface area contributed by atoms with Gasteiger partial charge < -0.3 is 10.4 Å². The summed E-state index contributed by atoms with van der Waals surface area (Å²) in [6.45, 7) is 1.80. The normalized spacial score (nSPS) is 10.9. The Balaban J connectivity index is 1.68. The van der Waals surface area contributed by atoms with Crippen LogP contribution in [0.5, 0.6) is 0 Å². The molecule has 0 radical (unpaired) electrons. The number of nitrogens with zero attached hydrogens (tertiary/aromatic N) is 3. The lowest BCUT2D eigenvalue weighted by molar-refractivity contribution is 0.209. The van der Waals surface area contributed by atoms with E-state index in [0.717, 1.165) is 16.3 Å². The molecule has 10 nitrogen and oxygen atoms in total. The molecule has 4 N–H and O–H groups in total. The number of aryl methyl sites for hydroxylation is 1. The average molecular weight is 489 g/mol. The second kappa shape index (κ2) is 9.76. The molecule has 176 valence electrons. The Morgan fingerprint density at radius 1 is 1.03 bits per heavy atom. The molecular formula is C24H20N6O4S. The molecule has 0 saturated heterocycles. The van der Waals surface area contributed by atoms with Crippen molar-refractivity contribution >= 4 is 44.2 Å². The van der Waals surface area contributed by atoms with Gasteiger partial charge in [0.2, 0.25) is 10.0 Å². The maximum Gasteiger partial charge on any atom is 0.410 e. The fourth-order valence-electron chi connectivity index (χ4n) is 3.27. The van der Waals surface area contributed by atoms with Gasteiger partial charge in [-0.15, -0.1) is 0 Å². The zero-order valence-corrected chi connectivity index (χ0v) is 19.5. The maximum atomic E-state index is 12.0. The maximum absolute atomic E-state index is 12.0. The van der Waals surface area contributed by atoms with Crippen molar-refractivity contribution in [3.05, 3.63) is 77.9 Å². The van der Waals surface area contributed by atoms with E-state index in [-0.39, 0.29) is 10.7 Å². The van der Waals surface area contributed by atoms with E-state index in [1.54, 1.807) is 55.7 Å². The van der Waals surface area contributed by atoms with Gasteiger partial charge in [0.1, 0.15) is 11.5 Å². The van der Waals surface area contributed by atoms with Crippen LogP contribution in [0.2, 0.25) is 0 Å². The zero-order chi connectivity index (χ0) is 25.0. The molecule has 0 bridgehead atoms. The third-order valence-electron chi connectivity index (χ3n) is 5.04. The summed E-state index contributed by atoms with van der Waals surface area (Å²) in [6.07, 6.45) is 3.54. The number of amides is 1. The molecule has 0 saturated carbocycles. The molecule has 4 aromatic rings. The van der Waals surface area contributed by atoms with Gasteiger partial charge in [0.05, 0.1) is 10.5 Å². The predicted molar refractivity (Wildman–Crippen MR) is 132 cm³/mol. The number of anilines is 3. The molecule has 0 fully saturated rings. The number of fused-ring (bicyclic) bond motifs is 1. The minimum atomic E-state index is -3.54. The number of sulfonamides is 1. The monoisotopic (exact) mass is 488 g/mol. The first-order valence-electron chi connectivity index (χ1n) is 10.3. The van der Waals surface area contributed by atoms with Crippen molar-refractivity contribution in [2.45, 2.75) is 11.8 Å². The summed E-state index contributed by atoms with van der Waals surface area (Å²) in [5.41, 5.74) is 2.31. The van der Waals surface area contributed by atoms with Crippen LogP contribution in [0.1, 0.15) is 16.8 Å². The van der Waals surface area contributed by atoms with Crippen molar-refractivity contribution in [2.75, 3.05) is 17.7 Å². The van der Waals surface area contributed by atoms with Gasteiger partial charge in [-0.3, -0.25) is 5.32 Å². The van der Waals surface area contributed by atoms with Crippen LogP contribution >= 0.6 is 0 Å². The first-order chi connectivity index (χ1) is 16.8.